The van der Waals surface area contributed by atoms with Gasteiger partial charge in [0.2, 0.25) is 0 Å². The van der Waals surface area contributed by atoms with Crippen molar-refractivity contribution in [3.63, 3.8) is 0 Å². The van der Waals surface area contributed by atoms with Gasteiger partial charge in [0.1, 0.15) is 18.2 Å². The SMILES string of the molecule is Cc1cccc(C)c1OCCO/N=C/c1ccc(F)cc1. The van der Waals surface area contributed by atoms with Crippen molar-refractivity contribution in [3.8, 4) is 5.75 Å². The molecule has 0 aliphatic carbocycles. The van der Waals surface area contributed by atoms with Gasteiger partial charge in [-0.05, 0) is 42.7 Å². The molecule has 0 bridgehead atoms. The van der Waals surface area contributed by atoms with Gasteiger partial charge in [0.25, 0.3) is 0 Å². The molecule has 4 heteroatoms. The van der Waals surface area contributed by atoms with Gasteiger partial charge in [-0.1, -0.05) is 35.5 Å². The molecule has 0 saturated carbocycles. The monoisotopic (exact) mass is 287 g/mol. The average Bonchev–Trinajstić information content (AvgIpc) is 2.47. The van der Waals surface area contributed by atoms with Crippen LogP contribution < -0.4 is 4.74 Å². The first-order valence-corrected chi connectivity index (χ1v) is 6.77. The number of benzene rings is 2. The van der Waals surface area contributed by atoms with E-state index in [9.17, 15) is 4.39 Å². The van der Waals surface area contributed by atoms with Crippen molar-refractivity contribution in [1.82, 2.24) is 0 Å². The number of hydrogen-bond acceptors (Lipinski definition) is 3. The van der Waals surface area contributed by atoms with Gasteiger partial charge in [0, 0.05) is 0 Å². The van der Waals surface area contributed by atoms with Crippen LogP contribution in [-0.2, 0) is 4.84 Å². The molecule has 110 valence electrons. The molecule has 2 aromatic rings. The molecule has 0 radical (unpaired) electrons. The van der Waals surface area contributed by atoms with Crippen LogP contribution in [-0.4, -0.2) is 19.4 Å². The number of ether oxygens (including phenoxy) is 1. The predicted molar refractivity (Wildman–Crippen MR) is 81.4 cm³/mol. The summed E-state index contributed by atoms with van der Waals surface area (Å²) in [7, 11) is 0. The number of halogens is 1. The van der Waals surface area contributed by atoms with E-state index in [4.69, 9.17) is 9.57 Å². The molecule has 0 fully saturated rings. The van der Waals surface area contributed by atoms with E-state index in [1.807, 2.05) is 32.0 Å². The predicted octanol–water partition coefficient (Wildman–Crippen LogP) is 3.87. The van der Waals surface area contributed by atoms with Crippen molar-refractivity contribution in [1.29, 1.82) is 0 Å². The minimum atomic E-state index is -0.268. The zero-order chi connectivity index (χ0) is 15.1. The summed E-state index contributed by atoms with van der Waals surface area (Å²) in [5, 5.41) is 3.82. The molecule has 0 amide bonds. The van der Waals surface area contributed by atoms with Crippen molar-refractivity contribution in [2.75, 3.05) is 13.2 Å². The van der Waals surface area contributed by atoms with Gasteiger partial charge >= 0.3 is 0 Å². The molecule has 0 N–H and O–H groups in total. The maximum atomic E-state index is 12.7. The lowest BCUT2D eigenvalue weighted by Gasteiger charge is -2.10. The second-order valence-electron chi connectivity index (χ2n) is 4.69. The summed E-state index contributed by atoms with van der Waals surface area (Å²) < 4.78 is 18.4. The molecule has 0 aliphatic rings. The lowest BCUT2D eigenvalue weighted by atomic mass is 10.1. The Bertz CT molecular complexity index is 588. The summed E-state index contributed by atoms with van der Waals surface area (Å²) in [5.74, 6) is 0.624. The van der Waals surface area contributed by atoms with Gasteiger partial charge in [0.15, 0.2) is 6.61 Å². The van der Waals surface area contributed by atoms with Crippen LogP contribution in [0.2, 0.25) is 0 Å². The van der Waals surface area contributed by atoms with Crippen LogP contribution >= 0.6 is 0 Å². The minimum absolute atomic E-state index is 0.268. The molecule has 0 aliphatic heterocycles. The number of oxime groups is 1. The normalized spacial score (nSPS) is 10.8. The fraction of sp³-hybridized carbons (Fsp3) is 0.235. The summed E-state index contributed by atoms with van der Waals surface area (Å²) in [5.41, 5.74) is 2.99. The first kappa shape index (κ1) is 15.0. The Morgan fingerprint density at radius 1 is 1.00 bits per heavy atom. The molecule has 0 atom stereocenters. The molecule has 0 unspecified atom stereocenters. The zero-order valence-corrected chi connectivity index (χ0v) is 12.2. The quantitative estimate of drug-likeness (QED) is 0.459. The molecule has 21 heavy (non-hydrogen) atoms. The Hall–Kier alpha value is -2.36. The molecule has 3 nitrogen and oxygen atoms in total. The molecule has 0 heterocycles. The van der Waals surface area contributed by atoms with Crippen LogP contribution in [0.25, 0.3) is 0 Å². The smallest absolute Gasteiger partial charge is 0.151 e. The lowest BCUT2D eigenvalue weighted by Crippen LogP contribution is -2.06. The van der Waals surface area contributed by atoms with E-state index < -0.39 is 0 Å². The van der Waals surface area contributed by atoms with Gasteiger partial charge in [-0.2, -0.15) is 0 Å². The maximum absolute atomic E-state index is 12.7. The zero-order valence-electron chi connectivity index (χ0n) is 12.2. The van der Waals surface area contributed by atoms with E-state index in [0.717, 1.165) is 22.4 Å². The van der Waals surface area contributed by atoms with Crippen LogP contribution in [0.1, 0.15) is 16.7 Å². The van der Waals surface area contributed by atoms with E-state index in [1.54, 1.807) is 18.3 Å². The number of aryl methyl sites for hydroxylation is 2. The van der Waals surface area contributed by atoms with Gasteiger partial charge in [-0.3, -0.25) is 0 Å². The standard InChI is InChI=1S/C17H18FNO2/c1-13-4-3-5-14(2)17(13)20-10-11-21-19-12-15-6-8-16(18)9-7-15/h3-9,12H,10-11H2,1-2H3/b19-12+. The Morgan fingerprint density at radius 2 is 1.67 bits per heavy atom. The van der Waals surface area contributed by atoms with Gasteiger partial charge in [-0.15, -0.1) is 0 Å². The largest absolute Gasteiger partial charge is 0.489 e. The third-order valence-electron chi connectivity index (χ3n) is 2.98. The van der Waals surface area contributed by atoms with Gasteiger partial charge in [0.05, 0.1) is 6.21 Å². The Balaban J connectivity index is 1.74. The van der Waals surface area contributed by atoms with Gasteiger partial charge in [-0.25, -0.2) is 4.39 Å². The highest BCUT2D eigenvalue weighted by molar-refractivity contribution is 5.78. The van der Waals surface area contributed by atoms with E-state index in [-0.39, 0.29) is 5.82 Å². The Labute approximate surface area is 124 Å². The molecule has 0 aromatic heterocycles. The summed E-state index contributed by atoms with van der Waals surface area (Å²) >= 11 is 0. The van der Waals surface area contributed by atoms with Crippen LogP contribution in [0.3, 0.4) is 0 Å². The summed E-state index contributed by atoms with van der Waals surface area (Å²) in [6.45, 7) is 4.80. The molecular formula is C17H18FNO2. The van der Waals surface area contributed by atoms with Crippen molar-refractivity contribution >= 4 is 6.21 Å². The molecule has 0 saturated heterocycles. The molecule has 2 rings (SSSR count). The first-order chi connectivity index (χ1) is 10.2. The van der Waals surface area contributed by atoms with Crippen molar-refractivity contribution in [3.05, 3.63) is 65.0 Å². The van der Waals surface area contributed by atoms with Crippen molar-refractivity contribution < 1.29 is 14.0 Å². The van der Waals surface area contributed by atoms with E-state index in [1.165, 1.54) is 12.1 Å². The minimum Gasteiger partial charge on any atom is -0.489 e. The van der Waals surface area contributed by atoms with Crippen molar-refractivity contribution in [2.45, 2.75) is 13.8 Å². The van der Waals surface area contributed by atoms with Gasteiger partial charge < -0.3 is 9.57 Å². The number of hydrogen-bond donors (Lipinski definition) is 0. The third-order valence-corrected chi connectivity index (χ3v) is 2.98. The Morgan fingerprint density at radius 3 is 2.33 bits per heavy atom. The second kappa shape index (κ2) is 7.43. The summed E-state index contributed by atoms with van der Waals surface area (Å²) in [4.78, 5) is 5.12. The molecule has 2 aromatic carbocycles. The van der Waals surface area contributed by atoms with Crippen LogP contribution in [0, 0.1) is 19.7 Å². The highest BCUT2D eigenvalue weighted by atomic mass is 19.1. The fourth-order valence-electron chi connectivity index (χ4n) is 1.91. The molecule has 0 spiro atoms. The summed E-state index contributed by atoms with van der Waals surface area (Å²) in [6.07, 6.45) is 1.54. The topological polar surface area (TPSA) is 30.8 Å². The fourth-order valence-corrected chi connectivity index (χ4v) is 1.91. The number of rotatable bonds is 6. The molecular weight excluding hydrogens is 269 g/mol. The second-order valence-corrected chi connectivity index (χ2v) is 4.69. The van der Waals surface area contributed by atoms with E-state index in [2.05, 4.69) is 5.16 Å². The summed E-state index contributed by atoms with van der Waals surface area (Å²) in [6, 6.07) is 12.0. The van der Waals surface area contributed by atoms with E-state index in [0.29, 0.717) is 13.2 Å². The third kappa shape index (κ3) is 4.60. The lowest BCUT2D eigenvalue weighted by molar-refractivity contribution is 0.108. The van der Waals surface area contributed by atoms with E-state index >= 15 is 0 Å². The highest BCUT2D eigenvalue weighted by Crippen LogP contribution is 2.21. The number of para-hydroxylation sites is 1. The van der Waals surface area contributed by atoms with Crippen LogP contribution in [0.5, 0.6) is 5.75 Å². The van der Waals surface area contributed by atoms with Crippen molar-refractivity contribution in [2.24, 2.45) is 5.16 Å². The highest BCUT2D eigenvalue weighted by Gasteiger charge is 2.02. The first-order valence-electron chi connectivity index (χ1n) is 6.77. The average molecular weight is 287 g/mol. The Kier molecular flexibility index (Phi) is 5.32. The van der Waals surface area contributed by atoms with Crippen LogP contribution in [0.4, 0.5) is 4.39 Å². The van der Waals surface area contributed by atoms with Crippen LogP contribution in [0.15, 0.2) is 47.6 Å². The maximum Gasteiger partial charge on any atom is 0.151 e. The number of nitrogens with zero attached hydrogens (tertiary/aromatic N) is 1.